The maximum Gasteiger partial charge on any atom is 0.213 e. The van der Waals surface area contributed by atoms with Crippen LogP contribution in [0.15, 0.2) is 12.1 Å². The maximum atomic E-state index is 5.62. The Bertz CT molecular complexity index is 348. The van der Waals surface area contributed by atoms with E-state index in [0.717, 1.165) is 24.7 Å². The third-order valence-electron chi connectivity index (χ3n) is 2.23. The highest BCUT2D eigenvalue weighted by molar-refractivity contribution is 5.24. The van der Waals surface area contributed by atoms with Crippen molar-refractivity contribution in [1.82, 2.24) is 10.3 Å². The summed E-state index contributed by atoms with van der Waals surface area (Å²) in [5.41, 5.74) is 2.23. The van der Waals surface area contributed by atoms with Crippen LogP contribution in [0.2, 0.25) is 0 Å². The molecule has 3 nitrogen and oxygen atoms in total. The fourth-order valence-electron chi connectivity index (χ4n) is 1.62. The Morgan fingerprint density at radius 2 is 1.94 bits per heavy atom. The minimum Gasteiger partial charge on any atom is -0.475 e. The Morgan fingerprint density at radius 1 is 1.24 bits per heavy atom. The van der Waals surface area contributed by atoms with Gasteiger partial charge in [0, 0.05) is 18.3 Å². The van der Waals surface area contributed by atoms with Gasteiger partial charge in [0.25, 0.3) is 0 Å². The van der Waals surface area contributed by atoms with Crippen LogP contribution in [0.25, 0.3) is 0 Å². The largest absolute Gasteiger partial charge is 0.475 e. The van der Waals surface area contributed by atoms with E-state index in [2.05, 4.69) is 30.2 Å². The molecule has 0 saturated carbocycles. The molecule has 0 unspecified atom stereocenters. The number of hydrogen-bond acceptors (Lipinski definition) is 3. The molecule has 0 aliphatic rings. The summed E-state index contributed by atoms with van der Waals surface area (Å²) in [7, 11) is 0. The predicted molar refractivity (Wildman–Crippen MR) is 71.3 cm³/mol. The van der Waals surface area contributed by atoms with E-state index < -0.39 is 0 Å². The molecular formula is C14H24N2O. The molecule has 0 spiro atoms. The third-order valence-corrected chi connectivity index (χ3v) is 2.23. The molecule has 1 N–H and O–H groups in total. The van der Waals surface area contributed by atoms with Crippen molar-refractivity contribution >= 4 is 0 Å². The van der Waals surface area contributed by atoms with Crippen molar-refractivity contribution in [2.45, 2.75) is 47.3 Å². The van der Waals surface area contributed by atoms with Gasteiger partial charge in [-0.2, -0.15) is 0 Å². The van der Waals surface area contributed by atoms with Crippen molar-refractivity contribution in [1.29, 1.82) is 0 Å². The van der Waals surface area contributed by atoms with Gasteiger partial charge in [0.1, 0.15) is 0 Å². The Balaban J connectivity index is 2.62. The van der Waals surface area contributed by atoms with Gasteiger partial charge < -0.3 is 10.1 Å². The van der Waals surface area contributed by atoms with E-state index in [1.54, 1.807) is 0 Å². The normalized spacial score (nSPS) is 11.2. The first kappa shape index (κ1) is 14.0. The van der Waals surface area contributed by atoms with Crippen LogP contribution in [0.1, 0.15) is 39.0 Å². The minimum atomic E-state index is 0.167. The minimum absolute atomic E-state index is 0.167. The Labute approximate surface area is 105 Å². The second-order valence-electron chi connectivity index (χ2n) is 5.15. The third kappa shape index (κ3) is 5.68. The molecule has 17 heavy (non-hydrogen) atoms. The first-order valence-electron chi connectivity index (χ1n) is 6.32. The summed E-state index contributed by atoms with van der Waals surface area (Å²) in [6.07, 6.45) is 0.167. The number of aromatic nitrogens is 1. The van der Waals surface area contributed by atoms with Crippen LogP contribution < -0.4 is 10.1 Å². The second-order valence-corrected chi connectivity index (χ2v) is 5.15. The van der Waals surface area contributed by atoms with E-state index in [4.69, 9.17) is 4.74 Å². The van der Waals surface area contributed by atoms with E-state index in [9.17, 15) is 0 Å². The maximum absolute atomic E-state index is 5.62. The lowest BCUT2D eigenvalue weighted by atomic mass is 10.2. The lowest BCUT2D eigenvalue weighted by Gasteiger charge is -2.12. The van der Waals surface area contributed by atoms with E-state index >= 15 is 0 Å². The first-order chi connectivity index (χ1) is 7.97. The summed E-state index contributed by atoms with van der Waals surface area (Å²) in [4.78, 5) is 4.37. The molecule has 96 valence electrons. The molecule has 3 heteroatoms. The van der Waals surface area contributed by atoms with Crippen molar-refractivity contribution in [2.75, 3.05) is 6.54 Å². The number of nitrogens with zero attached hydrogens (tertiary/aromatic N) is 1. The number of aryl methyl sites for hydroxylation is 1. The summed E-state index contributed by atoms with van der Waals surface area (Å²) in [5, 5.41) is 3.43. The lowest BCUT2D eigenvalue weighted by Crippen LogP contribution is -2.19. The Morgan fingerprint density at radius 3 is 2.53 bits per heavy atom. The zero-order valence-electron chi connectivity index (χ0n) is 11.6. The summed E-state index contributed by atoms with van der Waals surface area (Å²) in [6.45, 7) is 12.3. The highest BCUT2D eigenvalue weighted by Crippen LogP contribution is 2.13. The van der Waals surface area contributed by atoms with Crippen molar-refractivity contribution in [3.05, 3.63) is 23.4 Å². The van der Waals surface area contributed by atoms with Crippen molar-refractivity contribution in [3.63, 3.8) is 0 Å². The number of nitrogens with one attached hydrogen (secondary N) is 1. The number of hydrogen-bond donors (Lipinski definition) is 1. The molecule has 0 fully saturated rings. The molecule has 0 saturated heterocycles. The highest BCUT2D eigenvalue weighted by Gasteiger charge is 2.03. The van der Waals surface area contributed by atoms with Crippen molar-refractivity contribution in [2.24, 2.45) is 5.92 Å². The molecular weight excluding hydrogens is 212 g/mol. The zero-order chi connectivity index (χ0) is 12.8. The van der Waals surface area contributed by atoms with Gasteiger partial charge in [0.2, 0.25) is 5.88 Å². The van der Waals surface area contributed by atoms with Crippen LogP contribution in [0.5, 0.6) is 5.88 Å². The summed E-state index contributed by atoms with van der Waals surface area (Å²) in [5.74, 6) is 1.39. The van der Waals surface area contributed by atoms with Gasteiger partial charge in [0.05, 0.1) is 6.10 Å². The number of ether oxygens (including phenoxy) is 1. The van der Waals surface area contributed by atoms with Gasteiger partial charge in [-0.05, 0) is 44.9 Å². The molecule has 0 radical (unpaired) electrons. The fourth-order valence-corrected chi connectivity index (χ4v) is 1.62. The highest BCUT2D eigenvalue weighted by atomic mass is 16.5. The van der Waals surface area contributed by atoms with Crippen molar-refractivity contribution < 1.29 is 4.74 Å². The van der Waals surface area contributed by atoms with E-state index in [1.165, 1.54) is 5.56 Å². The molecule has 1 rings (SSSR count). The molecule has 0 bridgehead atoms. The van der Waals surface area contributed by atoms with Gasteiger partial charge in [-0.3, -0.25) is 0 Å². The van der Waals surface area contributed by atoms with Gasteiger partial charge in [-0.1, -0.05) is 13.8 Å². The average molecular weight is 236 g/mol. The van der Waals surface area contributed by atoms with Gasteiger partial charge in [-0.15, -0.1) is 0 Å². The molecule has 1 aromatic heterocycles. The van der Waals surface area contributed by atoms with Crippen LogP contribution in [-0.2, 0) is 6.54 Å². The van der Waals surface area contributed by atoms with Crippen LogP contribution in [0.3, 0.4) is 0 Å². The van der Waals surface area contributed by atoms with Gasteiger partial charge in [0.15, 0.2) is 0 Å². The number of pyridine rings is 1. The SMILES string of the molecule is Cc1cc(CNCC(C)C)cc(OC(C)C)n1. The van der Waals surface area contributed by atoms with Crippen LogP contribution in [0.4, 0.5) is 0 Å². The summed E-state index contributed by atoms with van der Waals surface area (Å²) >= 11 is 0. The first-order valence-corrected chi connectivity index (χ1v) is 6.32. The smallest absolute Gasteiger partial charge is 0.213 e. The molecule has 0 aliphatic heterocycles. The van der Waals surface area contributed by atoms with E-state index in [0.29, 0.717) is 5.92 Å². The average Bonchev–Trinajstić information content (AvgIpc) is 2.14. The number of rotatable bonds is 6. The Kier molecular flexibility index (Phi) is 5.42. The van der Waals surface area contributed by atoms with E-state index in [1.807, 2.05) is 26.8 Å². The lowest BCUT2D eigenvalue weighted by molar-refractivity contribution is 0.232. The van der Waals surface area contributed by atoms with Crippen LogP contribution in [0, 0.1) is 12.8 Å². The quantitative estimate of drug-likeness (QED) is 0.824. The fraction of sp³-hybridized carbons (Fsp3) is 0.643. The molecule has 1 heterocycles. The molecule has 0 atom stereocenters. The molecule has 0 aromatic carbocycles. The van der Waals surface area contributed by atoms with Crippen LogP contribution >= 0.6 is 0 Å². The van der Waals surface area contributed by atoms with Gasteiger partial charge >= 0.3 is 0 Å². The monoisotopic (exact) mass is 236 g/mol. The molecule has 0 amide bonds. The predicted octanol–water partition coefficient (Wildman–Crippen LogP) is 2.92. The van der Waals surface area contributed by atoms with Gasteiger partial charge in [-0.25, -0.2) is 4.98 Å². The zero-order valence-corrected chi connectivity index (χ0v) is 11.6. The summed E-state index contributed by atoms with van der Waals surface area (Å²) < 4.78 is 5.62. The second kappa shape index (κ2) is 6.60. The van der Waals surface area contributed by atoms with Crippen LogP contribution in [-0.4, -0.2) is 17.6 Å². The topological polar surface area (TPSA) is 34.1 Å². The Hall–Kier alpha value is -1.09. The molecule has 1 aromatic rings. The van der Waals surface area contributed by atoms with Crippen molar-refractivity contribution in [3.8, 4) is 5.88 Å². The molecule has 0 aliphatic carbocycles. The summed E-state index contributed by atoms with van der Waals surface area (Å²) in [6, 6.07) is 4.11. The standard InChI is InChI=1S/C14H24N2O/c1-10(2)8-15-9-13-6-12(5)16-14(7-13)17-11(3)4/h6-7,10-11,15H,8-9H2,1-5H3. The van der Waals surface area contributed by atoms with E-state index in [-0.39, 0.29) is 6.10 Å².